The van der Waals surface area contributed by atoms with Crippen LogP contribution in [-0.4, -0.2) is 48.4 Å². The summed E-state index contributed by atoms with van der Waals surface area (Å²) in [5.74, 6) is 1.53. The Morgan fingerprint density at radius 1 is 1.11 bits per heavy atom. The van der Waals surface area contributed by atoms with Crippen LogP contribution in [0.2, 0.25) is 0 Å². The van der Waals surface area contributed by atoms with E-state index >= 15 is 0 Å². The maximum absolute atomic E-state index is 13.0. The van der Waals surface area contributed by atoms with Crippen molar-refractivity contribution in [3.63, 3.8) is 0 Å². The summed E-state index contributed by atoms with van der Waals surface area (Å²) in [6.45, 7) is 9.72. The molecule has 0 bridgehead atoms. The Morgan fingerprint density at radius 3 is 2.39 bits per heavy atom. The van der Waals surface area contributed by atoms with Gasteiger partial charge in [0, 0.05) is 25.7 Å². The molecule has 0 radical (unpaired) electrons. The summed E-state index contributed by atoms with van der Waals surface area (Å²) in [5, 5.41) is 0. The number of hydrogen-bond acceptors (Lipinski definition) is 3. The highest BCUT2D eigenvalue weighted by Gasteiger charge is 2.31. The van der Waals surface area contributed by atoms with Crippen molar-refractivity contribution in [2.75, 3.05) is 32.7 Å². The Bertz CT molecular complexity index is 578. The number of nitrogens with two attached hydrogens (primary N) is 1. The molecule has 2 aliphatic rings. The van der Waals surface area contributed by atoms with E-state index in [1.54, 1.807) is 0 Å². The molecule has 3 rings (SSSR count). The van der Waals surface area contributed by atoms with E-state index in [2.05, 4.69) is 16.7 Å². The monoisotopic (exact) mass is 429 g/mol. The third kappa shape index (κ3) is 6.62. The Morgan fingerprint density at radius 2 is 1.75 bits per heavy atom. The zero-order chi connectivity index (χ0) is 18.5. The molecule has 3 unspecified atom stereocenters. The minimum Gasteiger partial charge on any atom is -0.342 e. The normalized spacial score (nSPS) is 23.2. The molecule has 2 saturated heterocycles. The number of halogens is 2. The molecule has 1 aromatic carbocycles. The number of nitrogens with zero attached hydrogens (tertiary/aromatic N) is 2. The summed E-state index contributed by atoms with van der Waals surface area (Å²) in [6.07, 6.45) is 5.00. The number of hydrogen-bond donors (Lipinski definition) is 1. The van der Waals surface area contributed by atoms with Crippen LogP contribution in [0.4, 0.5) is 0 Å². The highest BCUT2D eigenvalue weighted by molar-refractivity contribution is 5.85. The van der Waals surface area contributed by atoms with Crippen molar-refractivity contribution in [2.45, 2.75) is 45.6 Å². The van der Waals surface area contributed by atoms with Gasteiger partial charge in [0.15, 0.2) is 0 Å². The molecule has 2 N–H and O–H groups in total. The first-order valence-corrected chi connectivity index (χ1v) is 10.4. The van der Waals surface area contributed by atoms with Crippen LogP contribution in [0, 0.1) is 17.8 Å². The molecule has 0 aliphatic carbocycles. The summed E-state index contributed by atoms with van der Waals surface area (Å²) >= 11 is 0. The number of rotatable bonds is 5. The van der Waals surface area contributed by atoms with Crippen LogP contribution in [0.25, 0.3) is 0 Å². The highest BCUT2D eigenvalue weighted by atomic mass is 35.5. The van der Waals surface area contributed by atoms with Gasteiger partial charge in [-0.3, -0.25) is 4.79 Å². The van der Waals surface area contributed by atoms with Gasteiger partial charge in [0.25, 0.3) is 0 Å². The van der Waals surface area contributed by atoms with Crippen LogP contribution in [0.15, 0.2) is 30.3 Å². The van der Waals surface area contributed by atoms with E-state index in [4.69, 9.17) is 5.73 Å². The van der Waals surface area contributed by atoms with Crippen molar-refractivity contribution in [1.29, 1.82) is 0 Å². The smallest absolute Gasteiger partial charge is 0.227 e. The largest absolute Gasteiger partial charge is 0.342 e. The Hall–Kier alpha value is -0.810. The average Bonchev–Trinajstić information content (AvgIpc) is 2.69. The second-order valence-corrected chi connectivity index (χ2v) is 8.50. The second kappa shape index (κ2) is 12.0. The lowest BCUT2D eigenvalue weighted by Gasteiger charge is -2.39. The fourth-order valence-electron chi connectivity index (χ4n) is 4.43. The zero-order valence-corrected chi connectivity index (χ0v) is 18.9. The van der Waals surface area contributed by atoms with E-state index in [9.17, 15) is 4.79 Å². The van der Waals surface area contributed by atoms with Gasteiger partial charge in [-0.25, -0.2) is 0 Å². The van der Waals surface area contributed by atoms with Crippen LogP contribution in [0.5, 0.6) is 0 Å². The molecule has 3 atom stereocenters. The van der Waals surface area contributed by atoms with Crippen molar-refractivity contribution < 1.29 is 4.79 Å². The van der Waals surface area contributed by atoms with Crippen molar-refractivity contribution >= 4 is 30.7 Å². The Labute approximate surface area is 183 Å². The summed E-state index contributed by atoms with van der Waals surface area (Å²) in [7, 11) is 0. The molecule has 1 aromatic rings. The molecular formula is C22H37Cl2N3O. The van der Waals surface area contributed by atoms with Crippen molar-refractivity contribution in [3.05, 3.63) is 35.9 Å². The van der Waals surface area contributed by atoms with E-state index in [0.29, 0.717) is 5.92 Å². The number of amides is 1. The third-order valence-electron chi connectivity index (χ3n) is 6.34. The van der Waals surface area contributed by atoms with Crippen LogP contribution >= 0.6 is 24.8 Å². The van der Waals surface area contributed by atoms with Crippen LogP contribution < -0.4 is 5.73 Å². The molecule has 2 heterocycles. The predicted octanol–water partition coefficient (Wildman–Crippen LogP) is 4.14. The molecule has 4 nitrogen and oxygen atoms in total. The van der Waals surface area contributed by atoms with E-state index in [0.717, 1.165) is 37.5 Å². The summed E-state index contributed by atoms with van der Waals surface area (Å²) < 4.78 is 0. The summed E-state index contributed by atoms with van der Waals surface area (Å²) in [4.78, 5) is 17.7. The number of carbonyl (C=O) groups is 1. The predicted molar refractivity (Wildman–Crippen MR) is 121 cm³/mol. The van der Waals surface area contributed by atoms with Gasteiger partial charge in [-0.1, -0.05) is 44.2 Å². The maximum Gasteiger partial charge on any atom is 0.227 e. The lowest BCUT2D eigenvalue weighted by Crippen LogP contribution is -2.47. The zero-order valence-electron chi connectivity index (χ0n) is 17.3. The minimum absolute atomic E-state index is 0. The van der Waals surface area contributed by atoms with Crippen LogP contribution in [0.1, 0.15) is 51.1 Å². The van der Waals surface area contributed by atoms with Gasteiger partial charge in [0.05, 0.1) is 5.92 Å². The molecule has 0 aromatic heterocycles. The molecule has 1 amide bonds. The summed E-state index contributed by atoms with van der Waals surface area (Å²) in [6, 6.07) is 9.77. The first-order chi connectivity index (χ1) is 12.5. The number of carbonyl (C=O) groups excluding carboxylic acids is 1. The van der Waals surface area contributed by atoms with Crippen LogP contribution in [-0.2, 0) is 4.79 Å². The van der Waals surface area contributed by atoms with Gasteiger partial charge in [0.2, 0.25) is 5.91 Å². The summed E-state index contributed by atoms with van der Waals surface area (Å²) in [5.41, 5.74) is 7.43. The second-order valence-electron chi connectivity index (χ2n) is 8.50. The molecule has 28 heavy (non-hydrogen) atoms. The minimum atomic E-state index is -0.229. The average molecular weight is 430 g/mol. The lowest BCUT2D eigenvalue weighted by atomic mass is 9.91. The topological polar surface area (TPSA) is 49.6 Å². The molecule has 0 saturated carbocycles. The fourth-order valence-corrected chi connectivity index (χ4v) is 4.43. The molecule has 2 fully saturated rings. The first kappa shape index (κ1) is 25.2. The van der Waals surface area contributed by atoms with Crippen LogP contribution in [0.3, 0.4) is 0 Å². The van der Waals surface area contributed by atoms with E-state index < -0.39 is 0 Å². The Balaban J connectivity index is 0.00000196. The van der Waals surface area contributed by atoms with Gasteiger partial charge >= 0.3 is 0 Å². The van der Waals surface area contributed by atoms with Crippen molar-refractivity contribution in [3.8, 4) is 0 Å². The van der Waals surface area contributed by atoms with E-state index in [-0.39, 0.29) is 42.7 Å². The number of likely N-dealkylation sites (tertiary alicyclic amines) is 2. The lowest BCUT2D eigenvalue weighted by molar-refractivity contribution is -0.137. The van der Waals surface area contributed by atoms with E-state index in [1.165, 1.54) is 32.4 Å². The van der Waals surface area contributed by atoms with Gasteiger partial charge < -0.3 is 15.5 Å². The highest BCUT2D eigenvalue weighted by Crippen LogP contribution is 2.26. The molecule has 0 spiro atoms. The number of piperidine rings is 2. The Kier molecular flexibility index (Phi) is 10.8. The maximum atomic E-state index is 13.0. The fraction of sp³-hybridized carbons (Fsp3) is 0.682. The quantitative estimate of drug-likeness (QED) is 0.764. The van der Waals surface area contributed by atoms with Gasteiger partial charge in [-0.15, -0.1) is 24.8 Å². The molecule has 160 valence electrons. The van der Waals surface area contributed by atoms with Gasteiger partial charge in [-0.05, 0) is 56.2 Å². The van der Waals surface area contributed by atoms with Gasteiger partial charge in [0.1, 0.15) is 0 Å². The first-order valence-electron chi connectivity index (χ1n) is 10.4. The van der Waals surface area contributed by atoms with Gasteiger partial charge in [-0.2, -0.15) is 0 Å². The van der Waals surface area contributed by atoms with Crippen molar-refractivity contribution in [1.82, 2.24) is 9.80 Å². The van der Waals surface area contributed by atoms with Crippen molar-refractivity contribution in [2.24, 2.45) is 23.5 Å². The van der Waals surface area contributed by atoms with E-state index in [1.807, 2.05) is 37.3 Å². The molecule has 6 heteroatoms. The molecule has 2 aliphatic heterocycles. The third-order valence-corrected chi connectivity index (χ3v) is 6.34. The SMILES string of the molecule is CC1CCN(CC2CCCN(C(=O)C(C)C(N)c3ccccc3)C2)CC1.Cl.Cl. The number of benzene rings is 1. The standard InChI is InChI=1S/C22H35N3O.2ClH/c1-17-10-13-24(14-11-17)15-19-7-6-12-25(16-19)22(26)18(2)21(23)20-8-4-3-5-9-20;;/h3-5,8-9,17-19,21H,6-7,10-16,23H2,1-2H3;2*1H. The molecular weight excluding hydrogens is 393 g/mol.